The number of Topliss-reactive ketones (excluding diaryl/α,β-unsaturated/α-hetero) is 1. The van der Waals surface area contributed by atoms with E-state index in [0.29, 0.717) is 6.42 Å². The number of hydrogen-bond donors (Lipinski definition) is 1. The van der Waals surface area contributed by atoms with Gasteiger partial charge in [0.2, 0.25) is 5.91 Å². The molecule has 0 aromatic carbocycles. The van der Waals surface area contributed by atoms with E-state index in [9.17, 15) is 32.8 Å². The summed E-state index contributed by atoms with van der Waals surface area (Å²) in [5.41, 5.74) is 0.221. The molecule has 0 aromatic heterocycles. The molecular weight excluding hydrogens is 529 g/mol. The minimum absolute atomic E-state index is 0.0302. The van der Waals surface area contributed by atoms with Crippen LogP contribution in [-0.2, 0) is 14.4 Å². The van der Waals surface area contributed by atoms with Crippen molar-refractivity contribution >= 4 is 17.5 Å². The molecule has 0 spiro atoms. The third-order valence-corrected chi connectivity index (χ3v) is 12.3. The summed E-state index contributed by atoms with van der Waals surface area (Å²) in [7, 11) is 0. The molecule has 8 atom stereocenters. The number of carbonyl (C=O) groups excluding carboxylic acids is 3. The first kappa shape index (κ1) is 30.0. The second kappa shape index (κ2) is 9.81. The van der Waals surface area contributed by atoms with Gasteiger partial charge in [0.05, 0.1) is 5.57 Å². The van der Waals surface area contributed by atoms with Gasteiger partial charge in [-0.15, -0.1) is 0 Å². The molecule has 0 aliphatic heterocycles. The van der Waals surface area contributed by atoms with Crippen LogP contribution in [0.25, 0.3) is 0 Å². The van der Waals surface area contributed by atoms with E-state index in [1.54, 1.807) is 0 Å². The maximum atomic E-state index is 14.3. The lowest BCUT2D eigenvalue weighted by Gasteiger charge is -2.65. The number of amides is 1. The van der Waals surface area contributed by atoms with Crippen LogP contribution < -0.4 is 5.32 Å². The maximum absolute atomic E-state index is 14.3. The first-order valence-electron chi connectivity index (χ1n) is 15.2. The van der Waals surface area contributed by atoms with Gasteiger partial charge in [0.25, 0.3) is 0 Å². The van der Waals surface area contributed by atoms with Crippen LogP contribution in [0, 0.1) is 62.6 Å². The Morgan fingerprint density at radius 1 is 1.07 bits per heavy atom. The summed E-state index contributed by atoms with van der Waals surface area (Å²) in [5, 5.41) is 11.8. The van der Waals surface area contributed by atoms with E-state index in [-0.39, 0.29) is 69.4 Å². The largest absolute Gasteiger partial charge is 0.405 e. The Morgan fingerprint density at radius 2 is 1.76 bits per heavy atom. The molecule has 224 valence electrons. The zero-order valence-electron chi connectivity index (χ0n) is 24.9. The fourth-order valence-corrected chi connectivity index (χ4v) is 10.0. The van der Waals surface area contributed by atoms with E-state index in [0.717, 1.165) is 50.5 Å². The van der Waals surface area contributed by atoms with Crippen LogP contribution in [-0.4, -0.2) is 30.2 Å². The fourth-order valence-electron chi connectivity index (χ4n) is 10.0. The molecule has 1 N–H and O–H groups in total. The van der Waals surface area contributed by atoms with Crippen LogP contribution in [0.2, 0.25) is 0 Å². The summed E-state index contributed by atoms with van der Waals surface area (Å²) in [6, 6.07) is 2.11. The lowest BCUT2D eigenvalue weighted by molar-refractivity contribution is -0.158. The number of halogens is 3. The average Bonchev–Trinajstić information content (AvgIpc) is 2.88. The normalized spacial score (nSPS) is 41.5. The zero-order chi connectivity index (χ0) is 30.2. The van der Waals surface area contributed by atoms with Gasteiger partial charge in [-0.2, -0.15) is 18.4 Å². The highest BCUT2D eigenvalue weighted by molar-refractivity contribution is 6.02. The Morgan fingerprint density at radius 3 is 2.41 bits per heavy atom. The van der Waals surface area contributed by atoms with Crippen LogP contribution in [0.15, 0.2) is 23.3 Å². The third kappa shape index (κ3) is 4.89. The van der Waals surface area contributed by atoms with Gasteiger partial charge in [0.15, 0.2) is 11.6 Å². The van der Waals surface area contributed by atoms with Crippen molar-refractivity contribution in [2.24, 2.45) is 51.2 Å². The minimum atomic E-state index is -4.45. The van der Waals surface area contributed by atoms with Gasteiger partial charge in [-0.05, 0) is 91.4 Å². The van der Waals surface area contributed by atoms with E-state index in [1.165, 1.54) is 0 Å². The van der Waals surface area contributed by atoms with Crippen molar-refractivity contribution in [1.29, 1.82) is 5.26 Å². The molecule has 8 heteroatoms. The number of allylic oxidation sites excluding steroid dienone is 4. The fraction of sp³-hybridized carbons (Fsp3) is 0.758. The summed E-state index contributed by atoms with van der Waals surface area (Å²) in [6.07, 6.45) is 5.86. The number of nitrogens with one attached hydrogen (secondary N) is 1. The molecule has 8 unspecified atom stereocenters. The Kier molecular flexibility index (Phi) is 7.19. The molecule has 0 heterocycles. The number of fused-ring (bicyclic) bond motifs is 7. The van der Waals surface area contributed by atoms with Gasteiger partial charge in [0.1, 0.15) is 12.6 Å². The van der Waals surface area contributed by atoms with Crippen molar-refractivity contribution < 1.29 is 27.6 Å². The van der Waals surface area contributed by atoms with Crippen molar-refractivity contribution in [3.8, 4) is 6.07 Å². The molecule has 5 nitrogen and oxygen atoms in total. The predicted molar refractivity (Wildman–Crippen MR) is 148 cm³/mol. The van der Waals surface area contributed by atoms with Crippen molar-refractivity contribution in [2.75, 3.05) is 6.54 Å². The molecule has 0 bridgehead atoms. The summed E-state index contributed by atoms with van der Waals surface area (Å²) < 4.78 is 38.1. The molecule has 5 aliphatic rings. The molecule has 3 fully saturated rings. The number of nitrogens with zero attached hydrogens (tertiary/aromatic N) is 1. The number of carbonyl (C=O) groups is 3. The third-order valence-electron chi connectivity index (χ3n) is 12.3. The number of ketones is 2. The van der Waals surface area contributed by atoms with E-state index in [2.05, 4.69) is 33.8 Å². The highest BCUT2D eigenvalue weighted by Crippen LogP contribution is 2.70. The quantitative estimate of drug-likeness (QED) is 0.398. The lowest BCUT2D eigenvalue weighted by Crippen LogP contribution is -2.60. The average molecular weight is 573 g/mol. The molecule has 5 rings (SSSR count). The summed E-state index contributed by atoms with van der Waals surface area (Å²) >= 11 is 0. The molecule has 1 amide bonds. The van der Waals surface area contributed by atoms with Crippen molar-refractivity contribution in [3.63, 3.8) is 0 Å². The smallest absolute Gasteiger partial charge is 0.347 e. The summed E-state index contributed by atoms with van der Waals surface area (Å²) in [5.74, 6) is -0.827. The molecule has 3 saturated carbocycles. The van der Waals surface area contributed by atoms with E-state index in [1.807, 2.05) is 24.4 Å². The Bertz CT molecular complexity index is 1260. The lowest BCUT2D eigenvalue weighted by atomic mass is 9.38. The van der Waals surface area contributed by atoms with Gasteiger partial charge in [-0.25, -0.2) is 0 Å². The molecular formula is C33H43F3N2O3. The van der Waals surface area contributed by atoms with Crippen LogP contribution >= 0.6 is 0 Å². The van der Waals surface area contributed by atoms with E-state index >= 15 is 0 Å². The molecule has 41 heavy (non-hydrogen) atoms. The van der Waals surface area contributed by atoms with E-state index < -0.39 is 24.0 Å². The van der Waals surface area contributed by atoms with Crippen molar-refractivity contribution in [2.45, 2.75) is 98.6 Å². The van der Waals surface area contributed by atoms with Crippen molar-refractivity contribution in [3.05, 3.63) is 23.3 Å². The van der Waals surface area contributed by atoms with Crippen LogP contribution in [0.1, 0.15) is 92.4 Å². The van der Waals surface area contributed by atoms with E-state index in [4.69, 9.17) is 0 Å². The number of alkyl halides is 3. The molecule has 0 aromatic rings. The zero-order valence-corrected chi connectivity index (χ0v) is 24.9. The van der Waals surface area contributed by atoms with Crippen LogP contribution in [0.4, 0.5) is 13.2 Å². The second-order valence-corrected chi connectivity index (χ2v) is 15.1. The van der Waals surface area contributed by atoms with Crippen molar-refractivity contribution in [1.82, 2.24) is 5.32 Å². The first-order valence-corrected chi connectivity index (χ1v) is 15.2. The summed E-state index contributed by atoms with van der Waals surface area (Å²) in [4.78, 5) is 39.6. The maximum Gasteiger partial charge on any atom is 0.405 e. The molecule has 0 saturated heterocycles. The molecule has 0 radical (unpaired) electrons. The van der Waals surface area contributed by atoms with Gasteiger partial charge in [0, 0.05) is 23.7 Å². The number of rotatable bonds is 4. The Labute approximate surface area is 241 Å². The standard InChI is InChI=1S/C33H43F3N2O3/c1-19-21-6-7-22-23(31(21,5)15-20(17-37)28(19)41)14-25(39)27-24-16-29(2,3)10-12-32(24,13-11-30(22,27)4)9-8-26(40)38-18-33(34,35)36/h14-15,19,21-22,24,27H,6-13,16,18H2,1-5H3,(H,38,40). The van der Waals surface area contributed by atoms with Gasteiger partial charge in [-0.1, -0.05) is 46.3 Å². The second-order valence-electron chi connectivity index (χ2n) is 15.1. The number of nitriles is 1. The number of hydrogen-bond acceptors (Lipinski definition) is 4. The topological polar surface area (TPSA) is 87.0 Å². The van der Waals surface area contributed by atoms with Crippen LogP contribution in [0.3, 0.4) is 0 Å². The van der Waals surface area contributed by atoms with Gasteiger partial charge < -0.3 is 5.32 Å². The minimum Gasteiger partial charge on any atom is -0.347 e. The highest BCUT2D eigenvalue weighted by Gasteiger charge is 2.64. The highest BCUT2D eigenvalue weighted by atomic mass is 19.4. The monoisotopic (exact) mass is 572 g/mol. The predicted octanol–water partition coefficient (Wildman–Crippen LogP) is 6.88. The van der Waals surface area contributed by atoms with Gasteiger partial charge in [-0.3, -0.25) is 14.4 Å². The van der Waals surface area contributed by atoms with Crippen LogP contribution in [0.5, 0.6) is 0 Å². The SMILES string of the molecule is CC1C(=O)C(C#N)=CC2(C)C3=CC(=O)C4C5CC(C)(C)CCC5(CCC(=O)NCC(F)(F)F)CCC4(C)C3CCC12. The molecule has 5 aliphatic carbocycles. The first-order chi connectivity index (χ1) is 19.0. The Hall–Kier alpha value is -2.43. The van der Waals surface area contributed by atoms with Gasteiger partial charge >= 0.3 is 6.18 Å². The Balaban J connectivity index is 1.50. The summed E-state index contributed by atoms with van der Waals surface area (Å²) in [6.45, 7) is 9.40.